The normalized spacial score (nSPS) is 19.7. The van der Waals surface area contributed by atoms with E-state index in [1.165, 1.54) is 4.90 Å². The van der Waals surface area contributed by atoms with Gasteiger partial charge in [-0.25, -0.2) is 0 Å². The first-order valence-corrected chi connectivity index (χ1v) is 6.66. The summed E-state index contributed by atoms with van der Waals surface area (Å²) in [5.74, 6) is -0.646. The minimum Gasteiger partial charge on any atom is -0.368 e. The zero-order valence-electron chi connectivity index (χ0n) is 10.7. The predicted octanol–water partition coefficient (Wildman–Crippen LogP) is 1.42. The average Bonchev–Trinajstić information content (AvgIpc) is 2.36. The minimum absolute atomic E-state index is 0.134. The quantitative estimate of drug-likeness (QED) is 0.851. The number of primary amides is 1. The number of fused-ring (bicyclic) bond motifs is 1. The van der Waals surface area contributed by atoms with Crippen LogP contribution >= 0.6 is 11.6 Å². The summed E-state index contributed by atoms with van der Waals surface area (Å²) in [7, 11) is 0. The zero-order valence-corrected chi connectivity index (χ0v) is 11.5. The van der Waals surface area contributed by atoms with E-state index in [0.29, 0.717) is 13.0 Å². The molecular weight excluding hydrogens is 264 g/mol. The minimum atomic E-state index is -0.693. The maximum atomic E-state index is 12.2. The van der Waals surface area contributed by atoms with Crippen molar-refractivity contribution in [2.45, 2.75) is 31.2 Å². The van der Waals surface area contributed by atoms with E-state index < -0.39 is 11.9 Å². The van der Waals surface area contributed by atoms with Gasteiger partial charge >= 0.3 is 0 Å². The Kier molecular flexibility index (Phi) is 4.10. The van der Waals surface area contributed by atoms with Gasteiger partial charge in [0.2, 0.25) is 11.8 Å². The van der Waals surface area contributed by atoms with Gasteiger partial charge in [-0.2, -0.15) is 0 Å². The highest BCUT2D eigenvalue weighted by molar-refractivity contribution is 6.21. The molecule has 2 N–H and O–H groups in total. The number of carbonyl (C=O) groups excluding carboxylic acids is 2. The Balaban J connectivity index is 2.32. The number of halogens is 1. The van der Waals surface area contributed by atoms with Gasteiger partial charge in [-0.1, -0.05) is 18.2 Å². The Labute approximate surface area is 117 Å². The molecule has 2 unspecified atom stereocenters. The molecule has 1 aromatic carbocycles. The molecule has 0 saturated carbocycles. The van der Waals surface area contributed by atoms with Crippen LogP contribution in [0.3, 0.4) is 0 Å². The summed E-state index contributed by atoms with van der Waals surface area (Å²) in [6.45, 7) is 2.24. The monoisotopic (exact) mass is 279 g/mol. The highest BCUT2D eigenvalue weighted by atomic mass is 35.5. The second-order valence-corrected chi connectivity index (χ2v) is 5.50. The largest absolute Gasteiger partial charge is 0.368 e. The number of carbonyl (C=O) groups is 2. The van der Waals surface area contributed by atoms with Crippen molar-refractivity contribution in [3.63, 3.8) is 0 Å². The van der Waals surface area contributed by atoms with Gasteiger partial charge in [0.25, 0.3) is 0 Å². The number of nitrogens with zero attached hydrogens (tertiary/aromatic N) is 1. The summed E-state index contributed by atoms with van der Waals surface area (Å²) >= 11 is 5.85. The van der Waals surface area contributed by atoms with E-state index in [2.05, 4.69) is 6.07 Å². The molecule has 1 aliphatic heterocycles. The van der Waals surface area contributed by atoms with E-state index in [4.69, 9.17) is 17.3 Å². The van der Waals surface area contributed by atoms with Crippen molar-refractivity contribution in [3.05, 3.63) is 35.4 Å². The van der Waals surface area contributed by atoms with Crippen molar-refractivity contribution in [2.24, 2.45) is 5.73 Å². The molecule has 2 atom stereocenters. The molecule has 1 heterocycles. The number of nitrogens with two attached hydrogens (primary N) is 1. The predicted molar refractivity (Wildman–Crippen MR) is 72.6 cm³/mol. The number of amides is 2. The van der Waals surface area contributed by atoms with E-state index in [1.807, 2.05) is 6.07 Å². The van der Waals surface area contributed by atoms with Crippen LogP contribution in [0.4, 0.5) is 0 Å². The van der Waals surface area contributed by atoms with Crippen LogP contribution in [-0.2, 0) is 16.0 Å². The fourth-order valence-electron chi connectivity index (χ4n) is 2.43. The zero-order chi connectivity index (χ0) is 14.0. The lowest BCUT2D eigenvalue weighted by molar-refractivity contribution is -0.140. The van der Waals surface area contributed by atoms with Gasteiger partial charge in [-0.15, -0.1) is 11.6 Å². The van der Waals surface area contributed by atoms with Gasteiger partial charge in [-0.3, -0.25) is 9.59 Å². The number of hydrogen-bond acceptors (Lipinski definition) is 2. The summed E-state index contributed by atoms with van der Waals surface area (Å²) in [6.07, 6.45) is 0.915. The molecule has 2 amide bonds. The number of hydrogen-bond donors (Lipinski definition) is 1. The maximum absolute atomic E-state index is 12.2. The highest BCUT2D eigenvalue weighted by Crippen LogP contribution is 2.30. The van der Waals surface area contributed by atoms with Crippen molar-refractivity contribution < 1.29 is 9.59 Å². The molecular formula is C14H16ClN2O2. The van der Waals surface area contributed by atoms with Gasteiger partial charge in [0.1, 0.15) is 6.04 Å². The summed E-state index contributed by atoms with van der Waals surface area (Å²) < 4.78 is 0. The molecule has 0 saturated heterocycles. The summed E-state index contributed by atoms with van der Waals surface area (Å²) in [5.41, 5.74) is 7.29. The lowest BCUT2D eigenvalue weighted by atomic mass is 9.92. The molecule has 1 aromatic rings. The summed E-state index contributed by atoms with van der Waals surface area (Å²) in [6, 6.07) is 7.66. The Bertz CT molecular complexity index is 502. The number of alkyl halides is 1. The third-order valence-electron chi connectivity index (χ3n) is 3.26. The molecule has 0 fully saturated rings. The maximum Gasteiger partial charge on any atom is 0.244 e. The third-order valence-corrected chi connectivity index (χ3v) is 3.42. The Morgan fingerprint density at radius 2 is 2.37 bits per heavy atom. The Hall–Kier alpha value is -1.55. The molecule has 2 rings (SSSR count). The molecule has 5 heteroatoms. The van der Waals surface area contributed by atoms with Crippen molar-refractivity contribution in [1.82, 2.24) is 4.90 Å². The van der Waals surface area contributed by atoms with E-state index in [9.17, 15) is 9.59 Å². The lowest BCUT2D eigenvalue weighted by Gasteiger charge is -2.35. The number of benzene rings is 1. The fraction of sp³-hybridized carbons (Fsp3) is 0.429. The van der Waals surface area contributed by atoms with Crippen LogP contribution in [0.15, 0.2) is 18.2 Å². The van der Waals surface area contributed by atoms with Crippen molar-refractivity contribution in [1.29, 1.82) is 0 Å². The van der Waals surface area contributed by atoms with Crippen LogP contribution in [0.1, 0.15) is 30.5 Å². The van der Waals surface area contributed by atoms with Crippen molar-refractivity contribution in [2.75, 3.05) is 6.54 Å². The van der Waals surface area contributed by atoms with Gasteiger partial charge < -0.3 is 10.6 Å². The van der Waals surface area contributed by atoms with Crippen molar-refractivity contribution in [3.8, 4) is 0 Å². The summed E-state index contributed by atoms with van der Waals surface area (Å²) in [4.78, 5) is 25.4. The molecule has 101 valence electrons. The number of rotatable bonds is 3. The van der Waals surface area contributed by atoms with Gasteiger partial charge in [0.15, 0.2) is 0 Å². The van der Waals surface area contributed by atoms with E-state index in [-0.39, 0.29) is 17.7 Å². The van der Waals surface area contributed by atoms with E-state index in [0.717, 1.165) is 11.1 Å². The van der Waals surface area contributed by atoms with Crippen LogP contribution in [0.5, 0.6) is 0 Å². The molecule has 1 radical (unpaired) electrons. The molecule has 0 spiro atoms. The standard InChI is InChI=1S/C14H16ClN2O2/c1-9(15)8-12(18)17-7-6-10-4-2-3-5-11(10)13(17)14(16)19/h3-5,9,13H,6-8H2,1H3,(H2,16,19). The van der Waals surface area contributed by atoms with Gasteiger partial charge in [-0.05, 0) is 30.5 Å². The topological polar surface area (TPSA) is 63.4 Å². The highest BCUT2D eigenvalue weighted by Gasteiger charge is 2.34. The SMILES string of the molecule is CC(Cl)CC(=O)N1CCc2c[c]ccc2C1C(N)=O. The second-order valence-electron chi connectivity index (χ2n) is 4.75. The molecule has 0 bridgehead atoms. The lowest BCUT2D eigenvalue weighted by Crippen LogP contribution is -2.46. The van der Waals surface area contributed by atoms with E-state index in [1.54, 1.807) is 19.1 Å². The summed E-state index contributed by atoms with van der Waals surface area (Å²) in [5, 5.41) is -0.258. The fourth-order valence-corrected chi connectivity index (χ4v) is 2.56. The van der Waals surface area contributed by atoms with Crippen LogP contribution in [0.2, 0.25) is 0 Å². The Morgan fingerprint density at radius 3 is 3.00 bits per heavy atom. The van der Waals surface area contributed by atoms with Crippen LogP contribution in [0.25, 0.3) is 0 Å². The van der Waals surface area contributed by atoms with Gasteiger partial charge in [0.05, 0.1) is 0 Å². The van der Waals surface area contributed by atoms with Crippen molar-refractivity contribution >= 4 is 23.4 Å². The first kappa shape index (κ1) is 13.9. The van der Waals surface area contributed by atoms with Gasteiger partial charge in [0, 0.05) is 18.3 Å². The molecule has 4 nitrogen and oxygen atoms in total. The second kappa shape index (κ2) is 5.61. The van der Waals surface area contributed by atoms with E-state index >= 15 is 0 Å². The smallest absolute Gasteiger partial charge is 0.244 e. The Morgan fingerprint density at radius 1 is 1.63 bits per heavy atom. The van der Waals surface area contributed by atoms with Crippen LogP contribution in [0, 0.1) is 6.07 Å². The van der Waals surface area contributed by atoms with Crippen LogP contribution in [-0.4, -0.2) is 28.6 Å². The molecule has 1 aliphatic rings. The molecule has 19 heavy (non-hydrogen) atoms. The molecule has 0 aliphatic carbocycles. The first-order valence-electron chi connectivity index (χ1n) is 6.22. The first-order chi connectivity index (χ1) is 9.00. The third kappa shape index (κ3) is 2.89. The molecule has 0 aromatic heterocycles. The van der Waals surface area contributed by atoms with Crippen LogP contribution < -0.4 is 5.73 Å². The average molecular weight is 280 g/mol.